The molecule has 0 saturated heterocycles. The van der Waals surface area contributed by atoms with Gasteiger partial charge in [0.15, 0.2) is 0 Å². The molecule has 27 heavy (non-hydrogen) atoms. The van der Waals surface area contributed by atoms with Crippen molar-refractivity contribution in [3.05, 3.63) is 59.1 Å². The Labute approximate surface area is 164 Å². The highest BCUT2D eigenvalue weighted by molar-refractivity contribution is 6.30. The second-order valence-corrected chi connectivity index (χ2v) is 6.36. The van der Waals surface area contributed by atoms with Gasteiger partial charge in [0.05, 0.1) is 13.2 Å². The van der Waals surface area contributed by atoms with Crippen LogP contribution in [0.4, 0.5) is 5.69 Å². The average Bonchev–Trinajstić information content (AvgIpc) is 2.65. The molecule has 144 valence electrons. The SMILES string of the molecule is COCCN(CC(=O)Nc1ccc(OCc2ccc(Cl)cc2)cc1)C(C)=O. The number of anilines is 1. The number of amides is 2. The van der Waals surface area contributed by atoms with E-state index in [1.165, 1.54) is 11.8 Å². The fourth-order valence-electron chi connectivity index (χ4n) is 2.30. The van der Waals surface area contributed by atoms with Crippen LogP contribution in [0.1, 0.15) is 12.5 Å². The normalized spacial score (nSPS) is 10.3. The maximum absolute atomic E-state index is 12.1. The topological polar surface area (TPSA) is 67.9 Å². The quantitative estimate of drug-likeness (QED) is 0.713. The fourth-order valence-corrected chi connectivity index (χ4v) is 2.43. The summed E-state index contributed by atoms with van der Waals surface area (Å²) >= 11 is 5.86. The number of rotatable bonds is 9. The van der Waals surface area contributed by atoms with Crippen LogP contribution in [0.2, 0.25) is 5.02 Å². The molecule has 0 aliphatic heterocycles. The highest BCUT2D eigenvalue weighted by atomic mass is 35.5. The summed E-state index contributed by atoms with van der Waals surface area (Å²) in [6.07, 6.45) is 0. The zero-order valence-corrected chi connectivity index (χ0v) is 16.2. The molecule has 0 radical (unpaired) electrons. The first-order valence-electron chi connectivity index (χ1n) is 8.49. The lowest BCUT2D eigenvalue weighted by Crippen LogP contribution is -2.38. The van der Waals surface area contributed by atoms with Gasteiger partial charge in [-0.25, -0.2) is 0 Å². The standard InChI is InChI=1S/C20H23ClN2O4/c1-15(24)23(11-12-26-2)13-20(25)22-18-7-9-19(10-8-18)27-14-16-3-5-17(21)6-4-16/h3-10H,11-14H2,1-2H3,(H,22,25). The average molecular weight is 391 g/mol. The molecule has 1 N–H and O–H groups in total. The highest BCUT2D eigenvalue weighted by Crippen LogP contribution is 2.18. The van der Waals surface area contributed by atoms with Gasteiger partial charge in [-0.15, -0.1) is 0 Å². The van der Waals surface area contributed by atoms with Crippen LogP contribution in [0.3, 0.4) is 0 Å². The predicted octanol–water partition coefficient (Wildman–Crippen LogP) is 3.35. The summed E-state index contributed by atoms with van der Waals surface area (Å²) in [6, 6.07) is 14.5. The largest absolute Gasteiger partial charge is 0.489 e. The Hall–Kier alpha value is -2.57. The Morgan fingerprint density at radius 3 is 2.33 bits per heavy atom. The number of carbonyl (C=O) groups excluding carboxylic acids is 2. The van der Waals surface area contributed by atoms with Crippen molar-refractivity contribution in [1.82, 2.24) is 4.90 Å². The lowest BCUT2D eigenvalue weighted by molar-refractivity contribution is -0.133. The lowest BCUT2D eigenvalue weighted by atomic mass is 10.2. The van der Waals surface area contributed by atoms with Crippen molar-refractivity contribution in [2.45, 2.75) is 13.5 Å². The summed E-state index contributed by atoms with van der Waals surface area (Å²) in [5, 5.41) is 3.45. The lowest BCUT2D eigenvalue weighted by Gasteiger charge is -2.20. The van der Waals surface area contributed by atoms with Gasteiger partial charge in [-0.05, 0) is 42.0 Å². The molecule has 0 fully saturated rings. The summed E-state index contributed by atoms with van der Waals surface area (Å²) < 4.78 is 10.7. The van der Waals surface area contributed by atoms with Crippen LogP contribution in [-0.2, 0) is 20.9 Å². The molecule has 0 aliphatic carbocycles. The van der Waals surface area contributed by atoms with E-state index < -0.39 is 0 Å². The van der Waals surface area contributed by atoms with Gasteiger partial charge in [-0.2, -0.15) is 0 Å². The predicted molar refractivity (Wildman–Crippen MR) is 105 cm³/mol. The van der Waals surface area contributed by atoms with Crippen molar-refractivity contribution in [3.8, 4) is 5.75 Å². The Morgan fingerprint density at radius 2 is 1.74 bits per heavy atom. The Kier molecular flexibility index (Phi) is 8.10. The zero-order chi connectivity index (χ0) is 19.6. The molecule has 2 amide bonds. The number of nitrogens with one attached hydrogen (secondary N) is 1. The number of hydrogen-bond donors (Lipinski definition) is 1. The molecular weight excluding hydrogens is 368 g/mol. The molecular formula is C20H23ClN2O4. The molecule has 0 saturated carbocycles. The van der Waals surface area contributed by atoms with Crippen LogP contribution in [0.15, 0.2) is 48.5 Å². The van der Waals surface area contributed by atoms with Crippen molar-refractivity contribution in [2.24, 2.45) is 0 Å². The van der Waals surface area contributed by atoms with Gasteiger partial charge < -0.3 is 19.7 Å². The number of hydrogen-bond acceptors (Lipinski definition) is 4. The molecule has 0 aliphatic rings. The molecule has 2 aromatic rings. The van der Waals surface area contributed by atoms with E-state index in [4.69, 9.17) is 21.1 Å². The van der Waals surface area contributed by atoms with Crippen molar-refractivity contribution in [3.63, 3.8) is 0 Å². The van der Waals surface area contributed by atoms with Crippen molar-refractivity contribution in [1.29, 1.82) is 0 Å². The van der Waals surface area contributed by atoms with Crippen molar-refractivity contribution in [2.75, 3.05) is 32.1 Å². The second kappa shape index (κ2) is 10.5. The van der Waals surface area contributed by atoms with Crippen LogP contribution in [0, 0.1) is 0 Å². The third kappa shape index (κ3) is 7.29. The molecule has 2 rings (SSSR count). The molecule has 0 aromatic heterocycles. The molecule has 0 bridgehead atoms. The summed E-state index contributed by atoms with van der Waals surface area (Å²) in [4.78, 5) is 25.1. The third-order valence-electron chi connectivity index (χ3n) is 3.80. The fraction of sp³-hybridized carbons (Fsp3) is 0.300. The maximum Gasteiger partial charge on any atom is 0.243 e. The molecule has 2 aromatic carbocycles. The Morgan fingerprint density at radius 1 is 1.07 bits per heavy atom. The molecule has 0 atom stereocenters. The van der Waals surface area contributed by atoms with Gasteiger partial charge >= 0.3 is 0 Å². The van der Waals surface area contributed by atoms with E-state index in [0.29, 0.717) is 36.2 Å². The molecule has 6 nitrogen and oxygen atoms in total. The first-order valence-corrected chi connectivity index (χ1v) is 8.87. The first kappa shape index (κ1) is 20.7. The van der Waals surface area contributed by atoms with Crippen LogP contribution in [0.25, 0.3) is 0 Å². The first-order chi connectivity index (χ1) is 13.0. The van der Waals surface area contributed by atoms with Crippen molar-refractivity contribution < 1.29 is 19.1 Å². The van der Waals surface area contributed by atoms with Crippen molar-refractivity contribution >= 4 is 29.1 Å². The van der Waals surface area contributed by atoms with E-state index >= 15 is 0 Å². The van der Waals surface area contributed by atoms with Crippen LogP contribution >= 0.6 is 11.6 Å². The van der Waals surface area contributed by atoms with E-state index in [1.54, 1.807) is 31.4 Å². The third-order valence-corrected chi connectivity index (χ3v) is 4.05. The zero-order valence-electron chi connectivity index (χ0n) is 15.4. The maximum atomic E-state index is 12.1. The minimum Gasteiger partial charge on any atom is -0.489 e. The van der Waals surface area contributed by atoms with Crippen LogP contribution in [0.5, 0.6) is 5.75 Å². The monoisotopic (exact) mass is 390 g/mol. The van der Waals surface area contributed by atoms with Gasteiger partial charge in [-0.1, -0.05) is 23.7 Å². The van der Waals surface area contributed by atoms with E-state index in [2.05, 4.69) is 5.32 Å². The van der Waals surface area contributed by atoms with Gasteiger partial charge in [0.25, 0.3) is 0 Å². The van der Waals surface area contributed by atoms with E-state index in [1.807, 2.05) is 24.3 Å². The van der Waals surface area contributed by atoms with E-state index in [9.17, 15) is 9.59 Å². The second-order valence-electron chi connectivity index (χ2n) is 5.92. The number of carbonyl (C=O) groups is 2. The van der Waals surface area contributed by atoms with E-state index in [-0.39, 0.29) is 18.4 Å². The van der Waals surface area contributed by atoms with Gasteiger partial charge in [0, 0.05) is 31.3 Å². The number of ether oxygens (including phenoxy) is 2. The number of benzene rings is 2. The van der Waals surface area contributed by atoms with Crippen LogP contribution in [-0.4, -0.2) is 43.5 Å². The number of nitrogens with zero attached hydrogens (tertiary/aromatic N) is 1. The summed E-state index contributed by atoms with van der Waals surface area (Å²) in [6.45, 7) is 2.59. The molecule has 7 heteroatoms. The van der Waals surface area contributed by atoms with Gasteiger partial charge in [0.2, 0.25) is 11.8 Å². The van der Waals surface area contributed by atoms with Gasteiger partial charge in [-0.3, -0.25) is 9.59 Å². The number of halogens is 1. The Bertz CT molecular complexity index is 748. The molecule has 0 heterocycles. The minimum absolute atomic E-state index is 0.0203. The van der Waals surface area contributed by atoms with Crippen LogP contribution < -0.4 is 10.1 Å². The molecule has 0 spiro atoms. The number of methoxy groups -OCH3 is 1. The molecule has 0 unspecified atom stereocenters. The highest BCUT2D eigenvalue weighted by Gasteiger charge is 2.13. The summed E-state index contributed by atoms with van der Waals surface area (Å²) in [7, 11) is 1.55. The summed E-state index contributed by atoms with van der Waals surface area (Å²) in [5.74, 6) is 0.248. The summed E-state index contributed by atoms with van der Waals surface area (Å²) in [5.41, 5.74) is 1.64. The Balaban J connectivity index is 1.84. The van der Waals surface area contributed by atoms with E-state index in [0.717, 1.165) is 5.56 Å². The minimum atomic E-state index is -0.267. The van der Waals surface area contributed by atoms with Gasteiger partial charge in [0.1, 0.15) is 12.4 Å². The smallest absolute Gasteiger partial charge is 0.243 e.